The van der Waals surface area contributed by atoms with Crippen LogP contribution in [0.2, 0.25) is 0 Å². The Balaban J connectivity index is 2.08. The number of piperidine rings is 1. The molecule has 0 spiro atoms. The summed E-state index contributed by atoms with van der Waals surface area (Å²) in [5.41, 5.74) is 1.30. The van der Waals surface area contributed by atoms with Crippen LogP contribution < -0.4 is 4.74 Å². The zero-order valence-corrected chi connectivity index (χ0v) is 10.5. The number of benzene rings is 1. The third-order valence-electron chi connectivity index (χ3n) is 3.45. The van der Waals surface area contributed by atoms with Crippen LogP contribution in [0.3, 0.4) is 0 Å². The van der Waals surface area contributed by atoms with E-state index in [4.69, 9.17) is 4.74 Å². The lowest BCUT2D eigenvalue weighted by Crippen LogP contribution is -2.37. The number of hydrogen-bond donors (Lipinski definition) is 0. The van der Waals surface area contributed by atoms with Crippen molar-refractivity contribution in [2.45, 2.75) is 25.7 Å². The quantitative estimate of drug-likeness (QED) is 0.785. The van der Waals surface area contributed by atoms with Crippen molar-refractivity contribution in [3.63, 3.8) is 0 Å². The van der Waals surface area contributed by atoms with Crippen LogP contribution in [0.4, 0.5) is 0 Å². The second-order valence-electron chi connectivity index (χ2n) is 4.58. The molecule has 1 unspecified atom stereocenters. The van der Waals surface area contributed by atoms with Crippen LogP contribution in [0.25, 0.3) is 0 Å². The minimum absolute atomic E-state index is 0.184. The number of ether oxygens (including phenoxy) is 1. The Hall–Kier alpha value is -1.51. The van der Waals surface area contributed by atoms with Gasteiger partial charge in [0.2, 0.25) is 5.91 Å². The molecule has 1 heterocycles. The molecule has 1 aliphatic heterocycles. The molecule has 0 bridgehead atoms. The topological polar surface area (TPSA) is 29.5 Å². The van der Waals surface area contributed by atoms with E-state index in [1.165, 1.54) is 5.56 Å². The maximum absolute atomic E-state index is 11.4. The fourth-order valence-corrected chi connectivity index (χ4v) is 2.41. The maximum atomic E-state index is 11.4. The van der Waals surface area contributed by atoms with Crippen molar-refractivity contribution in [2.75, 3.05) is 20.2 Å². The number of rotatable bonds is 2. The van der Waals surface area contributed by atoms with E-state index in [1.807, 2.05) is 17.0 Å². The van der Waals surface area contributed by atoms with Crippen LogP contribution in [0.5, 0.6) is 5.75 Å². The minimum atomic E-state index is 0.184. The highest BCUT2D eigenvalue weighted by Gasteiger charge is 2.22. The molecule has 1 aromatic rings. The van der Waals surface area contributed by atoms with E-state index in [1.54, 1.807) is 14.0 Å². The Bertz CT molecular complexity index is 386. The summed E-state index contributed by atoms with van der Waals surface area (Å²) in [6.45, 7) is 3.40. The van der Waals surface area contributed by atoms with Gasteiger partial charge in [0.15, 0.2) is 0 Å². The van der Waals surface area contributed by atoms with Crippen LogP contribution in [0.1, 0.15) is 31.2 Å². The molecule has 2 rings (SSSR count). The van der Waals surface area contributed by atoms with Gasteiger partial charge in [-0.25, -0.2) is 0 Å². The second-order valence-corrected chi connectivity index (χ2v) is 4.58. The van der Waals surface area contributed by atoms with Crippen molar-refractivity contribution in [2.24, 2.45) is 0 Å². The van der Waals surface area contributed by atoms with E-state index in [-0.39, 0.29) is 5.91 Å². The summed E-state index contributed by atoms with van der Waals surface area (Å²) in [6.07, 6.45) is 2.26. The molecule has 0 saturated carbocycles. The number of nitrogens with zero attached hydrogens (tertiary/aromatic N) is 1. The van der Waals surface area contributed by atoms with Crippen LogP contribution in [-0.2, 0) is 4.79 Å². The van der Waals surface area contributed by atoms with Gasteiger partial charge >= 0.3 is 0 Å². The molecule has 1 aliphatic rings. The second kappa shape index (κ2) is 5.21. The molecule has 1 saturated heterocycles. The van der Waals surface area contributed by atoms with Crippen LogP contribution in [-0.4, -0.2) is 31.0 Å². The van der Waals surface area contributed by atoms with Gasteiger partial charge in [0.25, 0.3) is 0 Å². The van der Waals surface area contributed by atoms with E-state index in [0.29, 0.717) is 5.92 Å². The van der Waals surface area contributed by atoms with Crippen LogP contribution >= 0.6 is 0 Å². The van der Waals surface area contributed by atoms with Crippen molar-refractivity contribution in [1.82, 2.24) is 4.90 Å². The van der Waals surface area contributed by atoms with Crippen molar-refractivity contribution in [3.8, 4) is 5.75 Å². The highest BCUT2D eigenvalue weighted by atomic mass is 16.5. The summed E-state index contributed by atoms with van der Waals surface area (Å²) < 4.78 is 5.15. The molecular formula is C14H19NO2. The smallest absolute Gasteiger partial charge is 0.219 e. The van der Waals surface area contributed by atoms with E-state index in [2.05, 4.69) is 12.1 Å². The van der Waals surface area contributed by atoms with Gasteiger partial charge in [-0.05, 0) is 30.5 Å². The summed E-state index contributed by atoms with van der Waals surface area (Å²) in [7, 11) is 1.67. The van der Waals surface area contributed by atoms with Gasteiger partial charge < -0.3 is 9.64 Å². The highest BCUT2D eigenvalue weighted by Crippen LogP contribution is 2.28. The summed E-state index contributed by atoms with van der Waals surface area (Å²) in [6, 6.07) is 8.18. The van der Waals surface area contributed by atoms with Crippen molar-refractivity contribution in [1.29, 1.82) is 0 Å². The van der Waals surface area contributed by atoms with E-state index >= 15 is 0 Å². The van der Waals surface area contributed by atoms with Gasteiger partial charge in [-0.2, -0.15) is 0 Å². The molecule has 1 aromatic carbocycles. The van der Waals surface area contributed by atoms with Crippen molar-refractivity contribution < 1.29 is 9.53 Å². The number of amides is 1. The summed E-state index contributed by atoms with van der Waals surface area (Å²) in [4.78, 5) is 13.3. The molecule has 0 radical (unpaired) electrons. The lowest BCUT2D eigenvalue weighted by molar-refractivity contribution is -0.130. The average molecular weight is 233 g/mol. The van der Waals surface area contributed by atoms with Crippen molar-refractivity contribution in [3.05, 3.63) is 29.8 Å². The molecule has 3 heteroatoms. The maximum Gasteiger partial charge on any atom is 0.219 e. The zero-order chi connectivity index (χ0) is 12.3. The lowest BCUT2D eigenvalue weighted by Gasteiger charge is -2.32. The predicted octanol–water partition coefficient (Wildman–Crippen LogP) is 2.42. The predicted molar refractivity (Wildman–Crippen MR) is 67.2 cm³/mol. The normalized spacial score (nSPS) is 20.1. The van der Waals surface area contributed by atoms with Crippen LogP contribution in [0, 0.1) is 0 Å². The first kappa shape index (κ1) is 12.0. The lowest BCUT2D eigenvalue weighted by atomic mass is 9.90. The third kappa shape index (κ3) is 2.78. The van der Waals surface area contributed by atoms with Gasteiger partial charge in [-0.3, -0.25) is 4.79 Å². The first-order chi connectivity index (χ1) is 8.20. The first-order valence-corrected chi connectivity index (χ1v) is 6.10. The molecule has 3 nitrogen and oxygen atoms in total. The molecule has 1 atom stereocenters. The Morgan fingerprint density at radius 3 is 2.65 bits per heavy atom. The summed E-state index contributed by atoms with van der Waals surface area (Å²) in [5, 5.41) is 0. The molecule has 0 aromatic heterocycles. The number of carbonyl (C=O) groups excluding carboxylic acids is 1. The van der Waals surface area contributed by atoms with E-state index in [0.717, 1.165) is 31.7 Å². The monoisotopic (exact) mass is 233 g/mol. The Labute approximate surface area is 102 Å². The Morgan fingerprint density at radius 1 is 1.35 bits per heavy atom. The molecule has 1 fully saturated rings. The standard InChI is InChI=1S/C14H19NO2/c1-11(16)15-9-3-4-13(10-15)12-5-7-14(17-2)8-6-12/h5-8,13H,3-4,9-10H2,1-2H3. The van der Waals surface area contributed by atoms with E-state index < -0.39 is 0 Å². The Kier molecular flexibility index (Phi) is 3.67. The molecule has 0 aliphatic carbocycles. The fraction of sp³-hybridized carbons (Fsp3) is 0.500. The van der Waals surface area contributed by atoms with Gasteiger partial charge in [0.05, 0.1) is 7.11 Å². The van der Waals surface area contributed by atoms with Gasteiger partial charge in [0, 0.05) is 25.9 Å². The fourth-order valence-electron chi connectivity index (χ4n) is 2.41. The number of carbonyl (C=O) groups is 1. The summed E-state index contributed by atoms with van der Waals surface area (Å²) >= 11 is 0. The average Bonchev–Trinajstić information content (AvgIpc) is 2.39. The molecule has 1 amide bonds. The van der Waals surface area contributed by atoms with Crippen LogP contribution in [0.15, 0.2) is 24.3 Å². The third-order valence-corrected chi connectivity index (χ3v) is 3.45. The summed E-state index contributed by atoms with van der Waals surface area (Å²) in [5.74, 6) is 1.54. The zero-order valence-electron chi connectivity index (χ0n) is 10.5. The Morgan fingerprint density at radius 2 is 2.06 bits per heavy atom. The number of methoxy groups -OCH3 is 1. The SMILES string of the molecule is COc1ccc(C2CCCN(C(C)=O)C2)cc1. The first-order valence-electron chi connectivity index (χ1n) is 6.10. The largest absolute Gasteiger partial charge is 0.497 e. The van der Waals surface area contributed by atoms with Gasteiger partial charge in [0.1, 0.15) is 5.75 Å². The molecule has 0 N–H and O–H groups in total. The molecule has 17 heavy (non-hydrogen) atoms. The number of hydrogen-bond acceptors (Lipinski definition) is 2. The minimum Gasteiger partial charge on any atom is -0.497 e. The van der Waals surface area contributed by atoms with Gasteiger partial charge in [-0.1, -0.05) is 12.1 Å². The molecule has 92 valence electrons. The highest BCUT2D eigenvalue weighted by molar-refractivity contribution is 5.73. The molecular weight excluding hydrogens is 214 g/mol. The number of likely N-dealkylation sites (tertiary alicyclic amines) is 1. The van der Waals surface area contributed by atoms with E-state index in [9.17, 15) is 4.79 Å². The van der Waals surface area contributed by atoms with Gasteiger partial charge in [-0.15, -0.1) is 0 Å². The van der Waals surface area contributed by atoms with Crippen molar-refractivity contribution >= 4 is 5.91 Å².